The molecule has 0 aromatic heterocycles. The molecule has 20 heavy (non-hydrogen) atoms. The molecule has 0 amide bonds. The SMILES string of the molecule is CC1CC(O)(c2ccccc2C2CCC2)CN1C1CC1. The maximum absolute atomic E-state index is 11.3. The van der Waals surface area contributed by atoms with Gasteiger partial charge in [-0.15, -0.1) is 0 Å². The molecule has 4 rings (SSSR count). The fourth-order valence-electron chi connectivity index (χ4n) is 4.21. The summed E-state index contributed by atoms with van der Waals surface area (Å²) >= 11 is 0. The zero-order valence-corrected chi connectivity index (χ0v) is 12.4. The fraction of sp³-hybridized carbons (Fsp3) is 0.667. The molecule has 2 atom stereocenters. The van der Waals surface area contributed by atoms with Crippen LogP contribution in [0.4, 0.5) is 0 Å². The predicted octanol–water partition coefficient (Wildman–Crippen LogP) is 3.40. The number of hydrogen-bond acceptors (Lipinski definition) is 2. The Hall–Kier alpha value is -0.860. The molecule has 3 fully saturated rings. The highest BCUT2D eigenvalue weighted by Gasteiger charge is 2.48. The molecule has 1 heterocycles. The first kappa shape index (κ1) is 12.8. The van der Waals surface area contributed by atoms with Crippen LogP contribution in [0, 0.1) is 0 Å². The smallest absolute Gasteiger partial charge is 0.104 e. The normalized spacial score (nSPS) is 35.2. The lowest BCUT2D eigenvalue weighted by atomic mass is 9.74. The van der Waals surface area contributed by atoms with Gasteiger partial charge in [-0.3, -0.25) is 4.90 Å². The van der Waals surface area contributed by atoms with Gasteiger partial charge < -0.3 is 5.11 Å². The van der Waals surface area contributed by atoms with Crippen LogP contribution in [0.5, 0.6) is 0 Å². The van der Waals surface area contributed by atoms with Gasteiger partial charge in [0.1, 0.15) is 5.60 Å². The number of aliphatic hydroxyl groups is 1. The number of hydrogen-bond donors (Lipinski definition) is 1. The Balaban J connectivity index is 1.66. The molecule has 1 aromatic rings. The lowest BCUT2D eigenvalue weighted by molar-refractivity contribution is 0.0435. The van der Waals surface area contributed by atoms with Crippen LogP contribution in [-0.4, -0.2) is 28.6 Å². The van der Waals surface area contributed by atoms with Crippen molar-refractivity contribution in [1.82, 2.24) is 4.90 Å². The molecule has 1 aromatic carbocycles. The number of likely N-dealkylation sites (tertiary alicyclic amines) is 1. The molecule has 1 N–H and O–H groups in total. The number of nitrogens with zero attached hydrogens (tertiary/aromatic N) is 1. The Morgan fingerprint density at radius 2 is 1.90 bits per heavy atom. The summed E-state index contributed by atoms with van der Waals surface area (Å²) in [6.45, 7) is 3.12. The molecule has 2 nitrogen and oxygen atoms in total. The summed E-state index contributed by atoms with van der Waals surface area (Å²) < 4.78 is 0. The number of rotatable bonds is 3. The largest absolute Gasteiger partial charge is 0.384 e. The summed E-state index contributed by atoms with van der Waals surface area (Å²) in [7, 11) is 0. The minimum absolute atomic E-state index is 0.516. The standard InChI is InChI=1S/C18H25NO/c1-13-11-18(20,12-19(13)15-9-10-15)17-8-3-2-7-16(17)14-5-4-6-14/h2-3,7-8,13-15,20H,4-6,9-12H2,1H3. The van der Waals surface area contributed by atoms with E-state index in [1.807, 2.05) is 0 Å². The van der Waals surface area contributed by atoms with Gasteiger partial charge in [0.15, 0.2) is 0 Å². The molecule has 0 spiro atoms. The van der Waals surface area contributed by atoms with Crippen molar-refractivity contribution in [3.8, 4) is 0 Å². The van der Waals surface area contributed by atoms with Crippen molar-refractivity contribution >= 4 is 0 Å². The second-order valence-corrected chi connectivity index (χ2v) is 7.20. The van der Waals surface area contributed by atoms with Gasteiger partial charge in [-0.1, -0.05) is 30.7 Å². The molecule has 2 saturated carbocycles. The van der Waals surface area contributed by atoms with E-state index in [1.165, 1.54) is 43.2 Å². The van der Waals surface area contributed by atoms with Crippen molar-refractivity contribution in [2.45, 2.75) is 69.1 Å². The van der Waals surface area contributed by atoms with E-state index in [2.05, 4.69) is 36.1 Å². The summed E-state index contributed by atoms with van der Waals surface area (Å²) in [4.78, 5) is 2.54. The third-order valence-corrected chi connectivity index (χ3v) is 5.67. The lowest BCUT2D eigenvalue weighted by Crippen LogP contribution is -2.34. The van der Waals surface area contributed by atoms with Gasteiger partial charge in [0.05, 0.1) is 0 Å². The fourth-order valence-corrected chi connectivity index (χ4v) is 4.21. The van der Waals surface area contributed by atoms with E-state index in [4.69, 9.17) is 0 Å². The highest BCUT2D eigenvalue weighted by Crippen LogP contribution is 2.46. The van der Waals surface area contributed by atoms with Crippen LogP contribution in [0.1, 0.15) is 62.5 Å². The molecule has 0 bridgehead atoms. The minimum Gasteiger partial charge on any atom is -0.384 e. The second kappa shape index (κ2) is 4.57. The van der Waals surface area contributed by atoms with Crippen LogP contribution >= 0.6 is 0 Å². The Morgan fingerprint density at radius 1 is 1.15 bits per heavy atom. The summed E-state index contributed by atoms with van der Waals surface area (Å²) in [5, 5.41) is 11.3. The molecule has 3 aliphatic rings. The molecule has 2 aliphatic carbocycles. The van der Waals surface area contributed by atoms with E-state index in [9.17, 15) is 5.11 Å². The average molecular weight is 271 g/mol. The van der Waals surface area contributed by atoms with Gasteiger partial charge in [-0.05, 0) is 56.1 Å². The van der Waals surface area contributed by atoms with Crippen LogP contribution in [0.3, 0.4) is 0 Å². The van der Waals surface area contributed by atoms with Crippen molar-refractivity contribution in [3.05, 3.63) is 35.4 Å². The minimum atomic E-state index is -0.617. The highest BCUT2D eigenvalue weighted by molar-refractivity contribution is 5.37. The maximum atomic E-state index is 11.3. The maximum Gasteiger partial charge on any atom is 0.104 e. The molecular weight excluding hydrogens is 246 g/mol. The van der Waals surface area contributed by atoms with E-state index in [0.717, 1.165) is 19.0 Å². The van der Waals surface area contributed by atoms with E-state index in [1.54, 1.807) is 0 Å². The summed E-state index contributed by atoms with van der Waals surface area (Å²) in [5.41, 5.74) is 2.03. The number of β-amino-alcohol motifs (C(OH)–C–C–N with tert-alkyl or cyclic N) is 1. The van der Waals surface area contributed by atoms with Crippen molar-refractivity contribution in [1.29, 1.82) is 0 Å². The summed E-state index contributed by atoms with van der Waals surface area (Å²) in [5.74, 6) is 0.695. The van der Waals surface area contributed by atoms with Crippen LogP contribution < -0.4 is 0 Å². The Bertz CT molecular complexity index is 506. The van der Waals surface area contributed by atoms with Gasteiger partial charge in [0.2, 0.25) is 0 Å². The Morgan fingerprint density at radius 3 is 2.55 bits per heavy atom. The quantitative estimate of drug-likeness (QED) is 0.911. The second-order valence-electron chi connectivity index (χ2n) is 7.20. The molecule has 108 valence electrons. The van der Waals surface area contributed by atoms with E-state index in [0.29, 0.717) is 12.0 Å². The first-order chi connectivity index (χ1) is 9.67. The summed E-state index contributed by atoms with van der Waals surface area (Å²) in [6, 6.07) is 9.92. The van der Waals surface area contributed by atoms with Gasteiger partial charge in [-0.25, -0.2) is 0 Å². The van der Waals surface area contributed by atoms with Gasteiger partial charge in [0.25, 0.3) is 0 Å². The molecule has 2 heteroatoms. The van der Waals surface area contributed by atoms with E-state index in [-0.39, 0.29) is 0 Å². The first-order valence-electron chi connectivity index (χ1n) is 8.25. The predicted molar refractivity (Wildman–Crippen MR) is 80.7 cm³/mol. The topological polar surface area (TPSA) is 23.5 Å². The monoisotopic (exact) mass is 271 g/mol. The van der Waals surface area contributed by atoms with Crippen LogP contribution in [0.15, 0.2) is 24.3 Å². The average Bonchev–Trinajstić information content (AvgIpc) is 3.14. The highest BCUT2D eigenvalue weighted by atomic mass is 16.3. The molecule has 1 saturated heterocycles. The van der Waals surface area contributed by atoms with Crippen molar-refractivity contribution in [3.63, 3.8) is 0 Å². The third kappa shape index (κ3) is 2.01. The summed E-state index contributed by atoms with van der Waals surface area (Å²) in [6.07, 6.45) is 7.49. The van der Waals surface area contributed by atoms with Gasteiger partial charge in [0, 0.05) is 18.6 Å². The molecule has 2 unspecified atom stereocenters. The van der Waals surface area contributed by atoms with E-state index >= 15 is 0 Å². The molecular formula is C18H25NO. The first-order valence-corrected chi connectivity index (χ1v) is 8.25. The molecule has 1 aliphatic heterocycles. The zero-order valence-electron chi connectivity index (χ0n) is 12.4. The van der Waals surface area contributed by atoms with Crippen molar-refractivity contribution < 1.29 is 5.11 Å². The van der Waals surface area contributed by atoms with Gasteiger partial charge >= 0.3 is 0 Å². The molecule has 0 radical (unpaired) electrons. The van der Waals surface area contributed by atoms with Crippen LogP contribution in [0.25, 0.3) is 0 Å². The lowest BCUT2D eigenvalue weighted by Gasteiger charge is -2.33. The zero-order chi connectivity index (χ0) is 13.7. The van der Waals surface area contributed by atoms with Crippen LogP contribution in [-0.2, 0) is 5.60 Å². The Labute approximate surface area is 121 Å². The Kier molecular flexibility index (Phi) is 2.94. The van der Waals surface area contributed by atoms with E-state index < -0.39 is 5.60 Å². The van der Waals surface area contributed by atoms with Gasteiger partial charge in [-0.2, -0.15) is 0 Å². The van der Waals surface area contributed by atoms with Crippen molar-refractivity contribution in [2.75, 3.05) is 6.54 Å². The number of benzene rings is 1. The van der Waals surface area contributed by atoms with Crippen LogP contribution in [0.2, 0.25) is 0 Å². The van der Waals surface area contributed by atoms with Crippen molar-refractivity contribution in [2.24, 2.45) is 0 Å². The third-order valence-electron chi connectivity index (χ3n) is 5.67.